The van der Waals surface area contributed by atoms with Gasteiger partial charge < -0.3 is 15.0 Å². The third-order valence-corrected chi connectivity index (χ3v) is 2.43. The van der Waals surface area contributed by atoms with Crippen LogP contribution >= 0.6 is 0 Å². The topological polar surface area (TPSA) is 41.6 Å². The van der Waals surface area contributed by atoms with Crippen LogP contribution in [0, 0.1) is 5.92 Å². The van der Waals surface area contributed by atoms with Crippen molar-refractivity contribution in [3.63, 3.8) is 0 Å². The van der Waals surface area contributed by atoms with Crippen molar-refractivity contribution in [3.8, 4) is 0 Å². The van der Waals surface area contributed by atoms with Gasteiger partial charge >= 0.3 is 12.2 Å². The van der Waals surface area contributed by atoms with Crippen molar-refractivity contribution in [1.82, 2.24) is 10.2 Å². The molecule has 0 spiro atoms. The Morgan fingerprint density at radius 1 is 1.53 bits per heavy atom. The highest BCUT2D eigenvalue weighted by atomic mass is 19.4. The van der Waals surface area contributed by atoms with Crippen LogP contribution in [0.2, 0.25) is 0 Å². The Balaban J connectivity index is 2.61. The first-order chi connectivity index (χ1) is 7.82. The number of rotatable bonds is 2. The summed E-state index contributed by atoms with van der Waals surface area (Å²) in [6.45, 7) is 3.73. The summed E-state index contributed by atoms with van der Waals surface area (Å²) in [6.07, 6.45) is -4.45. The minimum absolute atomic E-state index is 0.0336. The van der Waals surface area contributed by atoms with Crippen LogP contribution in [-0.2, 0) is 4.74 Å². The van der Waals surface area contributed by atoms with E-state index in [1.165, 1.54) is 0 Å². The fourth-order valence-corrected chi connectivity index (χ4v) is 1.51. The maximum atomic E-state index is 12.6. The van der Waals surface area contributed by atoms with E-state index in [-0.39, 0.29) is 19.1 Å². The van der Waals surface area contributed by atoms with E-state index in [0.29, 0.717) is 6.54 Å². The molecule has 2 amide bonds. The van der Waals surface area contributed by atoms with Gasteiger partial charge in [0.05, 0.1) is 13.2 Å². The number of hydrogen-bond donors (Lipinski definition) is 1. The highest BCUT2D eigenvalue weighted by Crippen LogP contribution is 2.26. The third-order valence-electron chi connectivity index (χ3n) is 2.43. The van der Waals surface area contributed by atoms with Gasteiger partial charge in [-0.25, -0.2) is 4.79 Å². The summed E-state index contributed by atoms with van der Waals surface area (Å²) in [5.41, 5.74) is 0. The van der Waals surface area contributed by atoms with E-state index in [9.17, 15) is 18.0 Å². The van der Waals surface area contributed by atoms with Crippen LogP contribution in [0.15, 0.2) is 0 Å². The molecule has 0 bridgehead atoms. The number of carbonyl (C=O) groups excluding carboxylic acids is 1. The highest BCUT2D eigenvalue weighted by molar-refractivity contribution is 5.74. The normalized spacial score (nSPS) is 21.8. The van der Waals surface area contributed by atoms with Crippen molar-refractivity contribution in [2.75, 3.05) is 26.3 Å². The van der Waals surface area contributed by atoms with Gasteiger partial charge in [-0.05, 0) is 5.92 Å². The van der Waals surface area contributed by atoms with Gasteiger partial charge in [0, 0.05) is 13.1 Å². The maximum Gasteiger partial charge on any atom is 0.411 e. The number of carbonyl (C=O) groups is 1. The molecule has 4 nitrogen and oxygen atoms in total. The van der Waals surface area contributed by atoms with Crippen LogP contribution in [-0.4, -0.2) is 49.5 Å². The number of hydrogen-bond acceptors (Lipinski definition) is 2. The number of nitrogens with one attached hydrogen (secondary N) is 1. The number of ether oxygens (including phenoxy) is 1. The van der Waals surface area contributed by atoms with Gasteiger partial charge in [0.15, 0.2) is 6.04 Å². The lowest BCUT2D eigenvalue weighted by atomic mass is 10.2. The predicted molar refractivity (Wildman–Crippen MR) is 55.6 cm³/mol. The van der Waals surface area contributed by atoms with Gasteiger partial charge in [0.2, 0.25) is 0 Å². The van der Waals surface area contributed by atoms with Gasteiger partial charge in [-0.3, -0.25) is 0 Å². The van der Waals surface area contributed by atoms with Gasteiger partial charge in [0.1, 0.15) is 0 Å². The van der Waals surface area contributed by atoms with Crippen LogP contribution in [0.25, 0.3) is 0 Å². The fraction of sp³-hybridized carbons (Fsp3) is 0.900. The van der Waals surface area contributed by atoms with Gasteiger partial charge in [-0.2, -0.15) is 13.2 Å². The largest absolute Gasteiger partial charge is 0.411 e. The molecule has 0 aromatic rings. The standard InChI is InChI=1S/C10H17F3N2O2/c1-7(2)5-14-9(16)15-3-4-17-6-8(15)10(11,12)13/h7-8H,3-6H2,1-2H3,(H,14,16). The summed E-state index contributed by atoms with van der Waals surface area (Å²) in [7, 11) is 0. The molecule has 100 valence electrons. The molecule has 1 saturated heterocycles. The monoisotopic (exact) mass is 254 g/mol. The molecule has 0 aromatic heterocycles. The average molecular weight is 254 g/mol. The van der Waals surface area contributed by atoms with E-state index in [1.54, 1.807) is 0 Å². The van der Waals surface area contributed by atoms with E-state index >= 15 is 0 Å². The summed E-state index contributed by atoms with van der Waals surface area (Å²) in [4.78, 5) is 12.4. The first-order valence-corrected chi connectivity index (χ1v) is 5.51. The van der Waals surface area contributed by atoms with Crippen molar-refractivity contribution in [2.45, 2.75) is 26.1 Å². The molecular formula is C10H17F3N2O2. The van der Waals surface area contributed by atoms with E-state index in [1.807, 2.05) is 13.8 Å². The zero-order valence-electron chi connectivity index (χ0n) is 9.88. The van der Waals surface area contributed by atoms with Crippen molar-refractivity contribution >= 4 is 6.03 Å². The Kier molecular flexibility index (Phi) is 4.62. The summed E-state index contributed by atoms with van der Waals surface area (Å²) in [5, 5.41) is 2.49. The Bertz CT molecular complexity index is 269. The molecule has 0 saturated carbocycles. The molecule has 1 heterocycles. The molecule has 17 heavy (non-hydrogen) atoms. The van der Waals surface area contributed by atoms with Crippen LogP contribution < -0.4 is 5.32 Å². The van der Waals surface area contributed by atoms with Gasteiger partial charge in [-0.15, -0.1) is 0 Å². The number of nitrogens with zero attached hydrogens (tertiary/aromatic N) is 1. The Hall–Kier alpha value is -0.980. The van der Waals surface area contributed by atoms with E-state index in [4.69, 9.17) is 4.74 Å². The third kappa shape index (κ3) is 4.07. The van der Waals surface area contributed by atoms with Crippen molar-refractivity contribution in [3.05, 3.63) is 0 Å². The summed E-state index contributed by atoms with van der Waals surface area (Å²) in [5.74, 6) is 0.198. The molecule has 0 aromatic carbocycles. The molecule has 1 unspecified atom stereocenters. The lowest BCUT2D eigenvalue weighted by molar-refractivity contribution is -0.201. The average Bonchev–Trinajstić information content (AvgIpc) is 2.24. The zero-order chi connectivity index (χ0) is 13.1. The van der Waals surface area contributed by atoms with Crippen molar-refractivity contribution < 1.29 is 22.7 Å². The molecule has 1 aliphatic heterocycles. The second-order valence-electron chi connectivity index (χ2n) is 4.41. The lowest BCUT2D eigenvalue weighted by Gasteiger charge is -2.36. The number of amides is 2. The molecule has 1 fully saturated rings. The Morgan fingerprint density at radius 2 is 2.18 bits per heavy atom. The summed E-state index contributed by atoms with van der Waals surface area (Å²) in [6, 6.07) is -2.52. The summed E-state index contributed by atoms with van der Waals surface area (Å²) >= 11 is 0. The first kappa shape index (κ1) is 14.1. The lowest BCUT2D eigenvalue weighted by Crippen LogP contribution is -2.58. The Labute approximate surface area is 98.1 Å². The SMILES string of the molecule is CC(C)CNC(=O)N1CCOCC1C(F)(F)F. The van der Waals surface area contributed by atoms with E-state index in [2.05, 4.69) is 5.32 Å². The van der Waals surface area contributed by atoms with Crippen LogP contribution in [0.4, 0.5) is 18.0 Å². The van der Waals surface area contributed by atoms with Crippen LogP contribution in [0.1, 0.15) is 13.8 Å². The molecule has 1 atom stereocenters. The Morgan fingerprint density at radius 3 is 2.71 bits per heavy atom. The fourth-order valence-electron chi connectivity index (χ4n) is 1.51. The molecular weight excluding hydrogens is 237 g/mol. The predicted octanol–water partition coefficient (Wildman–Crippen LogP) is 1.62. The summed E-state index contributed by atoms with van der Waals surface area (Å²) < 4.78 is 42.7. The number of urea groups is 1. The minimum Gasteiger partial charge on any atom is -0.377 e. The number of morpholine rings is 1. The van der Waals surface area contributed by atoms with Crippen LogP contribution in [0.5, 0.6) is 0 Å². The zero-order valence-corrected chi connectivity index (χ0v) is 9.88. The molecule has 1 N–H and O–H groups in total. The molecule has 7 heteroatoms. The van der Waals surface area contributed by atoms with E-state index in [0.717, 1.165) is 4.90 Å². The van der Waals surface area contributed by atoms with Crippen molar-refractivity contribution in [2.24, 2.45) is 5.92 Å². The van der Waals surface area contributed by atoms with Crippen molar-refractivity contribution in [1.29, 1.82) is 0 Å². The first-order valence-electron chi connectivity index (χ1n) is 5.51. The smallest absolute Gasteiger partial charge is 0.377 e. The second kappa shape index (κ2) is 5.57. The van der Waals surface area contributed by atoms with Gasteiger partial charge in [-0.1, -0.05) is 13.8 Å². The second-order valence-corrected chi connectivity index (χ2v) is 4.41. The maximum absolute atomic E-state index is 12.6. The molecule has 0 radical (unpaired) electrons. The van der Waals surface area contributed by atoms with E-state index < -0.39 is 24.9 Å². The molecule has 1 rings (SSSR count). The molecule has 1 aliphatic rings. The number of halogens is 3. The quantitative estimate of drug-likeness (QED) is 0.813. The van der Waals surface area contributed by atoms with Crippen LogP contribution in [0.3, 0.4) is 0 Å². The van der Waals surface area contributed by atoms with Gasteiger partial charge in [0.25, 0.3) is 0 Å². The highest BCUT2D eigenvalue weighted by Gasteiger charge is 2.47. The minimum atomic E-state index is -4.45. The molecule has 0 aliphatic carbocycles. The number of alkyl halides is 3.